The van der Waals surface area contributed by atoms with Gasteiger partial charge in [0.2, 0.25) is 0 Å². The second-order valence-corrected chi connectivity index (χ2v) is 10.3. The molecule has 1 aliphatic heterocycles. The van der Waals surface area contributed by atoms with Gasteiger partial charge in [0.05, 0.1) is 2.74 Å². The van der Waals surface area contributed by atoms with Gasteiger partial charge in [-0.2, -0.15) is 8.62 Å². The predicted molar refractivity (Wildman–Crippen MR) is 92.1 cm³/mol. The summed E-state index contributed by atoms with van der Waals surface area (Å²) in [5.74, 6) is -4.32. The Bertz CT molecular complexity index is 1190. The van der Waals surface area contributed by atoms with Crippen LogP contribution in [-0.2, 0) is 31.6 Å². The van der Waals surface area contributed by atoms with E-state index >= 15 is 4.39 Å². The molecule has 1 fully saturated rings. The van der Waals surface area contributed by atoms with E-state index in [0.29, 0.717) is 6.20 Å². The fraction of sp³-hybridized carbons (Fsp3) is 0.556. The molecule has 1 aromatic rings. The fourth-order valence-electron chi connectivity index (χ4n) is 2.06. The van der Waals surface area contributed by atoms with Gasteiger partial charge >= 0.3 is 29.2 Å². The molecule has 0 radical (unpaired) electrons. The number of hydrogen-bond acceptors (Lipinski definition) is 11. The number of ether oxygens (including phenoxy) is 1. The van der Waals surface area contributed by atoms with Crippen LogP contribution in [0.5, 0.6) is 0 Å². The van der Waals surface area contributed by atoms with Crippen molar-refractivity contribution < 1.29 is 68.5 Å². The molecule has 178 valence electrons. The lowest BCUT2D eigenvalue weighted by molar-refractivity contribution is -0.204. The minimum absolute atomic E-state index is 0.222. The van der Waals surface area contributed by atoms with Gasteiger partial charge in [0.15, 0.2) is 6.23 Å². The second-order valence-electron chi connectivity index (χ2n) is 5.52. The first-order chi connectivity index (χ1) is 14.6. The molecule has 0 aromatic carbocycles. The van der Waals surface area contributed by atoms with Crippen LogP contribution in [0.2, 0.25) is 5.02 Å². The van der Waals surface area contributed by atoms with Gasteiger partial charge in [-0.1, -0.05) is 11.6 Å². The molecular weight excluding hydrogens is 523 g/mol. The summed E-state index contributed by atoms with van der Waals surface area (Å²) >= 11 is 5.50. The second kappa shape index (κ2) is 8.85. The number of H-pyrrole nitrogens is 1. The third kappa shape index (κ3) is 6.60. The van der Waals surface area contributed by atoms with Gasteiger partial charge in [0.1, 0.15) is 23.8 Å². The average molecular weight is 539 g/mol. The van der Waals surface area contributed by atoms with Crippen LogP contribution in [0.4, 0.5) is 4.39 Å². The Morgan fingerprint density at radius 2 is 1.81 bits per heavy atom. The Hall–Kier alpha value is -0.810. The van der Waals surface area contributed by atoms with Crippen LogP contribution >= 0.6 is 35.1 Å². The normalized spacial score (nSPS) is 32.1. The Balaban J connectivity index is 2.36. The quantitative estimate of drug-likeness (QED) is 0.185. The first-order valence-electron chi connectivity index (χ1n) is 8.19. The summed E-state index contributed by atoms with van der Waals surface area (Å²) < 4.78 is 79.2. The molecular formula is C9H13ClFN2O15P3. The Morgan fingerprint density at radius 3 is 2.35 bits per heavy atom. The number of aromatic amines is 1. The highest BCUT2D eigenvalue weighted by Crippen LogP contribution is 2.66. The third-order valence-electron chi connectivity index (χ3n) is 3.20. The maximum absolute atomic E-state index is 15.3. The van der Waals surface area contributed by atoms with Gasteiger partial charge in [-0.25, -0.2) is 22.9 Å². The van der Waals surface area contributed by atoms with E-state index in [4.69, 9.17) is 29.0 Å². The summed E-state index contributed by atoms with van der Waals surface area (Å²) in [7, 11) is -18.2. The van der Waals surface area contributed by atoms with E-state index < -0.39 is 70.6 Å². The first-order valence-corrected chi connectivity index (χ1v) is 12.1. The number of hydrogen-bond donors (Lipinski definition) is 7. The fourth-order valence-corrected chi connectivity index (χ4v) is 5.09. The lowest BCUT2D eigenvalue weighted by atomic mass is 10.1. The van der Waals surface area contributed by atoms with Crippen LogP contribution < -0.4 is 11.2 Å². The van der Waals surface area contributed by atoms with Crippen molar-refractivity contribution in [1.29, 1.82) is 0 Å². The van der Waals surface area contributed by atoms with Crippen molar-refractivity contribution in [2.24, 2.45) is 0 Å². The number of phosphoric ester groups is 1. The number of aliphatic hydroxyl groups excluding tert-OH is 2. The van der Waals surface area contributed by atoms with Crippen molar-refractivity contribution in [3.63, 3.8) is 0 Å². The molecule has 0 spiro atoms. The zero-order valence-corrected chi connectivity index (χ0v) is 17.7. The topological polar surface area (TPSA) is 264 Å². The lowest BCUT2D eigenvalue weighted by Crippen LogP contribution is -2.43. The molecule has 2 rings (SSSR count). The third-order valence-corrected chi connectivity index (χ3v) is 7.12. The van der Waals surface area contributed by atoms with Crippen LogP contribution in [-0.4, -0.2) is 64.0 Å². The SMILES string of the molecule is [2H]C([2H])(OP(=O)(O)OP(=O)(O)OP(=O)(O)O)[C@@]1(F)O[C@@H](n2cc(Cl)c(=O)[nH]c2=O)[C@H](O)[C@@H]1O. The van der Waals surface area contributed by atoms with Crippen LogP contribution in [0.15, 0.2) is 15.8 Å². The van der Waals surface area contributed by atoms with E-state index in [1.165, 1.54) is 0 Å². The van der Waals surface area contributed by atoms with E-state index in [2.05, 4.69) is 17.9 Å². The molecule has 31 heavy (non-hydrogen) atoms. The molecule has 1 aromatic heterocycles. The molecule has 7 N–H and O–H groups in total. The molecule has 22 heteroatoms. The number of aliphatic hydroxyl groups is 2. The molecule has 0 saturated carbocycles. The van der Waals surface area contributed by atoms with Crippen molar-refractivity contribution in [2.45, 2.75) is 24.3 Å². The first kappa shape index (κ1) is 23.4. The predicted octanol–water partition coefficient (Wildman–Crippen LogP) is -1.55. The van der Waals surface area contributed by atoms with E-state index in [1.54, 1.807) is 4.98 Å². The van der Waals surface area contributed by atoms with E-state index in [9.17, 15) is 38.4 Å². The van der Waals surface area contributed by atoms with Crippen molar-refractivity contribution >= 4 is 35.1 Å². The molecule has 2 heterocycles. The maximum atomic E-state index is 15.3. The summed E-state index contributed by atoms with van der Waals surface area (Å²) in [6, 6.07) is 0. The monoisotopic (exact) mass is 538 g/mol. The Labute approximate surface area is 176 Å². The van der Waals surface area contributed by atoms with Crippen molar-refractivity contribution in [3.05, 3.63) is 32.1 Å². The van der Waals surface area contributed by atoms with E-state index in [-0.39, 0.29) is 4.57 Å². The van der Waals surface area contributed by atoms with Gasteiger partial charge in [-0.3, -0.25) is 18.9 Å². The van der Waals surface area contributed by atoms with Gasteiger partial charge < -0.3 is 34.5 Å². The van der Waals surface area contributed by atoms with E-state index in [1.807, 2.05) is 0 Å². The number of rotatable bonds is 8. The highest BCUT2D eigenvalue weighted by Gasteiger charge is 2.57. The number of halogens is 2. The molecule has 6 atom stereocenters. The highest BCUT2D eigenvalue weighted by atomic mass is 35.5. The van der Waals surface area contributed by atoms with Crippen molar-refractivity contribution in [3.8, 4) is 0 Å². The number of nitrogens with zero attached hydrogens (tertiary/aromatic N) is 1. The molecule has 0 aliphatic carbocycles. The molecule has 17 nitrogen and oxygen atoms in total. The van der Waals surface area contributed by atoms with Crippen molar-refractivity contribution in [1.82, 2.24) is 9.55 Å². The van der Waals surface area contributed by atoms with Crippen LogP contribution in [0.25, 0.3) is 0 Å². The number of aromatic nitrogens is 2. The maximum Gasteiger partial charge on any atom is 0.490 e. The van der Waals surface area contributed by atoms with E-state index in [0.717, 1.165) is 0 Å². The summed E-state index contributed by atoms with van der Waals surface area (Å²) in [5, 5.41) is 19.3. The average Bonchev–Trinajstić information content (AvgIpc) is 2.79. The summed E-state index contributed by atoms with van der Waals surface area (Å²) in [6.45, 7) is -4.34. The van der Waals surface area contributed by atoms with Gasteiger partial charge in [0, 0.05) is 6.20 Å². The number of nitrogens with one attached hydrogen (secondary N) is 1. The smallest absolute Gasteiger partial charge is 0.385 e. The summed E-state index contributed by atoms with van der Waals surface area (Å²) in [4.78, 5) is 60.2. The zero-order valence-electron chi connectivity index (χ0n) is 16.2. The number of alkyl halides is 1. The lowest BCUT2D eigenvalue weighted by Gasteiger charge is -2.24. The standard InChI is InChI=1S/C9H13ClFN2O15P3/c10-3-1-13(8(17)12-6(3)16)7-4(14)5(15)9(11,26-7)2-25-30(21,22)28-31(23,24)27-29(18,19)20/h1,4-5,7,14-15H,2H2,(H,21,22)(H,23,24)(H,12,16,17)(H2,18,19,20)/t4-,5+,7-,9-/m1/s1/i2D2. The minimum Gasteiger partial charge on any atom is -0.385 e. The van der Waals surface area contributed by atoms with Gasteiger partial charge in [-0.05, 0) is 0 Å². The number of phosphoric acid groups is 3. The Kier molecular flexibility index (Phi) is 6.67. The summed E-state index contributed by atoms with van der Waals surface area (Å²) in [6.07, 6.45) is -7.28. The molecule has 1 saturated heterocycles. The van der Waals surface area contributed by atoms with Crippen LogP contribution in [0.1, 0.15) is 8.97 Å². The molecule has 0 amide bonds. The largest absolute Gasteiger partial charge is 0.490 e. The molecule has 2 unspecified atom stereocenters. The van der Waals surface area contributed by atoms with Crippen LogP contribution in [0, 0.1) is 0 Å². The van der Waals surface area contributed by atoms with Gasteiger partial charge in [-0.15, -0.1) is 0 Å². The highest BCUT2D eigenvalue weighted by molar-refractivity contribution is 7.66. The van der Waals surface area contributed by atoms with Gasteiger partial charge in [0.25, 0.3) is 11.4 Å². The molecule has 0 bridgehead atoms. The minimum atomic E-state index is -6.28. The van der Waals surface area contributed by atoms with Crippen molar-refractivity contribution in [2.75, 3.05) is 6.56 Å². The Morgan fingerprint density at radius 1 is 1.23 bits per heavy atom. The zero-order chi connectivity index (χ0) is 25.8. The summed E-state index contributed by atoms with van der Waals surface area (Å²) in [5.41, 5.74) is -2.49. The van der Waals surface area contributed by atoms with Crippen LogP contribution in [0.3, 0.4) is 0 Å². The molecule has 1 aliphatic rings.